The van der Waals surface area contributed by atoms with E-state index in [-0.39, 0.29) is 23.1 Å². The van der Waals surface area contributed by atoms with Crippen LogP contribution >= 0.6 is 0 Å². The maximum Gasteiger partial charge on any atom is 0.257 e. The van der Waals surface area contributed by atoms with Gasteiger partial charge >= 0.3 is 0 Å². The number of nitrogens with zero attached hydrogens (tertiary/aromatic N) is 2. The molecule has 0 aliphatic heterocycles. The fraction of sp³-hybridized carbons (Fsp3) is 0.750. The second-order valence-electron chi connectivity index (χ2n) is 5.27. The zero-order valence-corrected chi connectivity index (χ0v) is 12.3. The van der Waals surface area contributed by atoms with Crippen molar-refractivity contribution in [3.05, 3.63) is 11.8 Å². The molecule has 1 saturated carbocycles. The van der Waals surface area contributed by atoms with E-state index >= 15 is 0 Å². The Kier molecular flexibility index (Phi) is 3.98. The molecule has 6 nitrogen and oxygen atoms in total. The van der Waals surface area contributed by atoms with Gasteiger partial charge in [0.25, 0.3) is 10.0 Å². The fourth-order valence-electron chi connectivity index (χ4n) is 2.57. The molecule has 1 fully saturated rings. The summed E-state index contributed by atoms with van der Waals surface area (Å²) in [5, 5.41) is 13.6. The van der Waals surface area contributed by atoms with Gasteiger partial charge in [-0.2, -0.15) is 5.10 Å². The summed E-state index contributed by atoms with van der Waals surface area (Å²) in [6, 6.07) is 1.44. The summed E-state index contributed by atoms with van der Waals surface area (Å²) >= 11 is 0. The largest absolute Gasteiger partial charge is 0.393 e. The summed E-state index contributed by atoms with van der Waals surface area (Å²) < 4.78 is 28.8. The Balaban J connectivity index is 2.14. The van der Waals surface area contributed by atoms with Crippen LogP contribution < -0.4 is 4.72 Å². The van der Waals surface area contributed by atoms with Crippen LogP contribution in [0.15, 0.2) is 11.1 Å². The zero-order valence-electron chi connectivity index (χ0n) is 11.5. The Labute approximate surface area is 113 Å². The second kappa shape index (κ2) is 5.22. The van der Waals surface area contributed by atoms with Crippen LogP contribution in [0.3, 0.4) is 0 Å². The summed E-state index contributed by atoms with van der Waals surface area (Å²) in [4.78, 5) is 0. The van der Waals surface area contributed by atoms with Crippen LogP contribution in [-0.2, 0) is 17.1 Å². The lowest BCUT2D eigenvalue weighted by atomic mass is 9.77. The monoisotopic (exact) mass is 287 g/mol. The van der Waals surface area contributed by atoms with Gasteiger partial charge in [-0.3, -0.25) is 4.68 Å². The molecular weight excluding hydrogens is 266 g/mol. The molecule has 2 rings (SSSR count). The molecule has 1 heterocycles. The van der Waals surface area contributed by atoms with Gasteiger partial charge in [-0.1, -0.05) is 6.92 Å². The van der Waals surface area contributed by atoms with E-state index < -0.39 is 10.0 Å². The van der Waals surface area contributed by atoms with E-state index in [1.807, 2.05) is 6.92 Å². The molecule has 1 aliphatic carbocycles. The van der Waals surface area contributed by atoms with Gasteiger partial charge in [-0.05, 0) is 38.2 Å². The highest BCUT2D eigenvalue weighted by molar-refractivity contribution is 7.89. The number of hydrogen-bond donors (Lipinski definition) is 2. The Morgan fingerprint density at radius 1 is 1.58 bits per heavy atom. The third-order valence-electron chi connectivity index (χ3n) is 3.70. The predicted octanol–water partition coefficient (Wildman–Crippen LogP) is 0.556. The molecule has 0 amide bonds. The van der Waals surface area contributed by atoms with Crippen molar-refractivity contribution in [2.24, 2.45) is 13.0 Å². The normalized spacial score (nSPS) is 25.1. The number of aryl methyl sites for hydroxylation is 2. The van der Waals surface area contributed by atoms with Gasteiger partial charge in [0.05, 0.1) is 11.8 Å². The molecule has 1 aliphatic rings. The minimum atomic E-state index is -3.55. The van der Waals surface area contributed by atoms with Crippen LogP contribution in [0.4, 0.5) is 0 Å². The van der Waals surface area contributed by atoms with Gasteiger partial charge in [-0.25, -0.2) is 13.1 Å². The van der Waals surface area contributed by atoms with Crippen molar-refractivity contribution in [2.45, 2.75) is 50.3 Å². The van der Waals surface area contributed by atoms with Gasteiger partial charge in [0, 0.05) is 13.1 Å². The minimum Gasteiger partial charge on any atom is -0.393 e. The molecule has 7 heteroatoms. The molecule has 0 aromatic carbocycles. The summed E-state index contributed by atoms with van der Waals surface area (Å²) in [6.07, 6.45) is 1.78. The molecule has 0 saturated heterocycles. The molecule has 2 N–H and O–H groups in total. The molecule has 19 heavy (non-hydrogen) atoms. The molecule has 0 unspecified atom stereocenters. The Hall–Kier alpha value is -0.920. The molecule has 0 spiro atoms. The molecule has 0 bridgehead atoms. The average molecular weight is 287 g/mol. The van der Waals surface area contributed by atoms with Crippen molar-refractivity contribution in [3.8, 4) is 0 Å². The van der Waals surface area contributed by atoms with Crippen LogP contribution in [-0.4, -0.2) is 35.5 Å². The second-order valence-corrected chi connectivity index (χ2v) is 6.93. The SMILES string of the molecule is CC[C@@H](NS(=O)(=O)c1cc(C)nn1C)C1CC(O)C1. The van der Waals surface area contributed by atoms with E-state index in [2.05, 4.69) is 9.82 Å². The van der Waals surface area contributed by atoms with Gasteiger partial charge < -0.3 is 5.11 Å². The van der Waals surface area contributed by atoms with E-state index in [1.165, 1.54) is 4.68 Å². The first-order chi connectivity index (χ1) is 8.83. The van der Waals surface area contributed by atoms with Crippen molar-refractivity contribution >= 4 is 10.0 Å². The van der Waals surface area contributed by atoms with E-state index in [1.54, 1.807) is 20.0 Å². The molecule has 1 atom stereocenters. The van der Waals surface area contributed by atoms with Crippen molar-refractivity contribution in [1.29, 1.82) is 0 Å². The summed E-state index contributed by atoms with van der Waals surface area (Å²) in [5.74, 6) is 0.226. The van der Waals surface area contributed by atoms with Gasteiger partial charge in [0.2, 0.25) is 0 Å². The van der Waals surface area contributed by atoms with Crippen LogP contribution in [0.5, 0.6) is 0 Å². The Morgan fingerprint density at radius 2 is 2.21 bits per heavy atom. The van der Waals surface area contributed by atoms with Crippen LogP contribution in [0.25, 0.3) is 0 Å². The average Bonchev–Trinajstić information content (AvgIpc) is 2.62. The minimum absolute atomic E-state index is 0.122. The summed E-state index contributed by atoms with van der Waals surface area (Å²) in [6.45, 7) is 3.71. The number of aliphatic hydroxyl groups is 1. The maximum absolute atomic E-state index is 12.3. The summed E-state index contributed by atoms with van der Waals surface area (Å²) in [5.41, 5.74) is 0.676. The first-order valence-corrected chi connectivity index (χ1v) is 8.03. The van der Waals surface area contributed by atoms with Gasteiger partial charge in [-0.15, -0.1) is 0 Å². The topological polar surface area (TPSA) is 84.2 Å². The zero-order chi connectivity index (χ0) is 14.2. The van der Waals surface area contributed by atoms with Gasteiger partial charge in [0.15, 0.2) is 5.03 Å². The van der Waals surface area contributed by atoms with Crippen molar-refractivity contribution in [3.63, 3.8) is 0 Å². The smallest absolute Gasteiger partial charge is 0.257 e. The molecule has 108 valence electrons. The van der Waals surface area contributed by atoms with Crippen LogP contribution in [0, 0.1) is 12.8 Å². The molecule has 0 radical (unpaired) electrons. The Bertz CT molecular complexity index is 547. The lowest BCUT2D eigenvalue weighted by Crippen LogP contribution is -2.46. The van der Waals surface area contributed by atoms with Crippen molar-refractivity contribution in [2.75, 3.05) is 0 Å². The number of aromatic nitrogens is 2. The standard InChI is InChI=1S/C12H21N3O3S/c1-4-11(9-6-10(16)7-9)14-19(17,18)12-5-8(2)13-15(12)3/h5,9-11,14,16H,4,6-7H2,1-3H3/t9?,10?,11-/m1/s1. The number of sulfonamides is 1. The first kappa shape index (κ1) is 14.5. The first-order valence-electron chi connectivity index (χ1n) is 6.54. The third kappa shape index (κ3) is 2.98. The Morgan fingerprint density at radius 3 is 2.63 bits per heavy atom. The molecular formula is C12H21N3O3S. The van der Waals surface area contributed by atoms with Crippen LogP contribution in [0.2, 0.25) is 0 Å². The highest BCUT2D eigenvalue weighted by Gasteiger charge is 2.35. The van der Waals surface area contributed by atoms with Gasteiger partial charge in [0.1, 0.15) is 0 Å². The predicted molar refractivity (Wildman–Crippen MR) is 71.1 cm³/mol. The fourth-order valence-corrected chi connectivity index (χ4v) is 4.16. The highest BCUT2D eigenvalue weighted by Crippen LogP contribution is 2.32. The quantitative estimate of drug-likeness (QED) is 0.828. The molecule has 1 aromatic heterocycles. The van der Waals surface area contributed by atoms with E-state index in [9.17, 15) is 13.5 Å². The van der Waals surface area contributed by atoms with Crippen molar-refractivity contribution in [1.82, 2.24) is 14.5 Å². The number of rotatable bonds is 5. The van der Waals surface area contributed by atoms with Crippen LogP contribution in [0.1, 0.15) is 31.9 Å². The number of nitrogens with one attached hydrogen (secondary N) is 1. The van der Waals surface area contributed by atoms with E-state index in [4.69, 9.17) is 0 Å². The third-order valence-corrected chi connectivity index (χ3v) is 5.25. The molecule has 1 aromatic rings. The maximum atomic E-state index is 12.3. The lowest BCUT2D eigenvalue weighted by molar-refractivity contribution is 0.0277. The number of hydrogen-bond acceptors (Lipinski definition) is 4. The number of aliphatic hydroxyl groups excluding tert-OH is 1. The van der Waals surface area contributed by atoms with E-state index in [0.717, 1.165) is 0 Å². The lowest BCUT2D eigenvalue weighted by Gasteiger charge is -2.37. The highest BCUT2D eigenvalue weighted by atomic mass is 32.2. The van der Waals surface area contributed by atoms with Crippen molar-refractivity contribution < 1.29 is 13.5 Å². The van der Waals surface area contributed by atoms with E-state index in [0.29, 0.717) is 25.0 Å². The summed E-state index contributed by atoms with van der Waals surface area (Å²) in [7, 11) is -1.93.